The van der Waals surface area contributed by atoms with E-state index >= 15 is 0 Å². The molecule has 0 aliphatic heterocycles. The molecule has 0 aliphatic carbocycles. The van der Waals surface area contributed by atoms with Crippen molar-refractivity contribution >= 4 is 22.9 Å². The first-order valence-electron chi connectivity index (χ1n) is 5.71. The minimum atomic E-state index is -0.921. The maximum atomic E-state index is 10.5. The quantitative estimate of drug-likeness (QED) is 0.662. The molecular formula is C15H15NO2. The number of aromatic nitrogens is 1. The van der Waals surface area contributed by atoms with Crippen molar-refractivity contribution in [1.82, 2.24) is 4.57 Å². The molecule has 3 heteroatoms. The van der Waals surface area contributed by atoms with Crippen LogP contribution in [0.3, 0.4) is 0 Å². The summed E-state index contributed by atoms with van der Waals surface area (Å²) in [5, 5.41) is 9.81. The van der Waals surface area contributed by atoms with Gasteiger partial charge in [-0.25, -0.2) is 4.79 Å². The molecule has 1 heterocycles. The minimum absolute atomic E-state index is 0.718. The van der Waals surface area contributed by atoms with E-state index in [1.54, 1.807) is 6.92 Å². The largest absolute Gasteiger partial charge is 0.478 e. The summed E-state index contributed by atoms with van der Waals surface area (Å²) in [5.74, 6) is -0.921. The Labute approximate surface area is 106 Å². The Kier molecular flexibility index (Phi) is 3.33. The average molecular weight is 241 g/mol. The van der Waals surface area contributed by atoms with Gasteiger partial charge in [0.05, 0.1) is 0 Å². The van der Waals surface area contributed by atoms with E-state index in [1.165, 1.54) is 11.5 Å². The molecule has 0 saturated heterocycles. The topological polar surface area (TPSA) is 42.2 Å². The van der Waals surface area contributed by atoms with Gasteiger partial charge in [-0.05, 0) is 24.1 Å². The SMILES string of the molecule is CC(=C/C(=O)O)/C=C/c1cn(C)c2ccccc12. The number of carboxylic acid groups (broad SMARTS) is 1. The molecule has 2 rings (SSSR count). The molecule has 0 amide bonds. The number of fused-ring (bicyclic) bond motifs is 1. The number of carboxylic acids is 1. The van der Waals surface area contributed by atoms with Crippen LogP contribution in [0.25, 0.3) is 17.0 Å². The number of carbonyl (C=O) groups is 1. The lowest BCUT2D eigenvalue weighted by atomic mass is 10.1. The Balaban J connectivity index is 2.38. The summed E-state index contributed by atoms with van der Waals surface area (Å²) in [6, 6.07) is 8.13. The van der Waals surface area contributed by atoms with Crippen LogP contribution in [0.4, 0.5) is 0 Å². The van der Waals surface area contributed by atoms with E-state index in [0.717, 1.165) is 16.7 Å². The van der Waals surface area contributed by atoms with Crippen LogP contribution >= 0.6 is 0 Å². The fourth-order valence-electron chi connectivity index (χ4n) is 1.97. The number of hydrogen-bond donors (Lipinski definition) is 1. The summed E-state index contributed by atoms with van der Waals surface area (Å²) in [6.07, 6.45) is 6.99. The lowest BCUT2D eigenvalue weighted by Gasteiger charge is -1.93. The number of aryl methyl sites for hydroxylation is 1. The standard InChI is InChI=1S/C15H15NO2/c1-11(9-15(17)18)7-8-12-10-16(2)14-6-4-3-5-13(12)14/h3-10H,1-2H3,(H,17,18)/b8-7+,11-9-. The van der Waals surface area contributed by atoms with E-state index in [2.05, 4.69) is 16.7 Å². The van der Waals surface area contributed by atoms with Crippen LogP contribution < -0.4 is 0 Å². The number of hydrogen-bond acceptors (Lipinski definition) is 1. The van der Waals surface area contributed by atoms with Crippen LogP contribution in [0.1, 0.15) is 12.5 Å². The van der Waals surface area contributed by atoms with Gasteiger partial charge in [0.2, 0.25) is 0 Å². The molecule has 1 aromatic carbocycles. The Morgan fingerprint density at radius 3 is 2.78 bits per heavy atom. The fraction of sp³-hybridized carbons (Fsp3) is 0.133. The first-order chi connectivity index (χ1) is 8.58. The molecule has 0 spiro atoms. The highest BCUT2D eigenvalue weighted by Crippen LogP contribution is 2.21. The molecule has 3 nitrogen and oxygen atoms in total. The third kappa shape index (κ3) is 2.51. The second kappa shape index (κ2) is 4.92. The summed E-state index contributed by atoms with van der Waals surface area (Å²) >= 11 is 0. The second-order valence-electron chi connectivity index (χ2n) is 4.27. The predicted octanol–water partition coefficient (Wildman–Crippen LogP) is 3.22. The molecule has 2 aromatic rings. The van der Waals surface area contributed by atoms with Crippen molar-refractivity contribution in [2.45, 2.75) is 6.92 Å². The molecule has 1 N–H and O–H groups in total. The highest BCUT2D eigenvalue weighted by molar-refractivity contribution is 5.90. The number of benzene rings is 1. The number of nitrogens with zero attached hydrogens (tertiary/aromatic N) is 1. The molecule has 0 saturated carbocycles. The summed E-state index contributed by atoms with van der Waals surface area (Å²) in [4.78, 5) is 10.5. The van der Waals surface area contributed by atoms with Crippen LogP contribution in [0.15, 0.2) is 48.2 Å². The average Bonchev–Trinajstić information content (AvgIpc) is 2.64. The van der Waals surface area contributed by atoms with Gasteiger partial charge >= 0.3 is 5.97 Å². The Hall–Kier alpha value is -2.29. The zero-order valence-corrected chi connectivity index (χ0v) is 10.4. The molecule has 92 valence electrons. The van der Waals surface area contributed by atoms with E-state index < -0.39 is 5.97 Å². The van der Waals surface area contributed by atoms with Crippen molar-refractivity contribution in [3.8, 4) is 0 Å². The van der Waals surface area contributed by atoms with Crippen molar-refractivity contribution in [2.75, 3.05) is 0 Å². The number of allylic oxidation sites excluding steroid dienone is 2. The first-order valence-corrected chi connectivity index (χ1v) is 5.71. The van der Waals surface area contributed by atoms with Gasteiger partial charge in [0.1, 0.15) is 0 Å². The van der Waals surface area contributed by atoms with Gasteiger partial charge in [-0.1, -0.05) is 30.4 Å². The first kappa shape index (κ1) is 12.2. The highest BCUT2D eigenvalue weighted by Gasteiger charge is 2.02. The van der Waals surface area contributed by atoms with Crippen LogP contribution in [-0.4, -0.2) is 15.6 Å². The normalized spacial score (nSPS) is 12.4. The summed E-state index contributed by atoms with van der Waals surface area (Å²) in [6.45, 7) is 1.77. The van der Waals surface area contributed by atoms with Gasteiger partial charge in [0.15, 0.2) is 0 Å². The van der Waals surface area contributed by atoms with E-state index in [4.69, 9.17) is 5.11 Å². The van der Waals surface area contributed by atoms with E-state index in [1.807, 2.05) is 37.5 Å². The molecule has 18 heavy (non-hydrogen) atoms. The van der Waals surface area contributed by atoms with Crippen LogP contribution in [0.2, 0.25) is 0 Å². The smallest absolute Gasteiger partial charge is 0.328 e. The van der Waals surface area contributed by atoms with Crippen LogP contribution in [0.5, 0.6) is 0 Å². The summed E-state index contributed by atoms with van der Waals surface area (Å²) in [5.41, 5.74) is 2.97. The molecule has 0 radical (unpaired) electrons. The van der Waals surface area contributed by atoms with Gasteiger partial charge in [-0.3, -0.25) is 0 Å². The third-order valence-electron chi connectivity index (χ3n) is 2.80. The molecule has 1 aromatic heterocycles. The molecule has 0 aliphatic rings. The maximum Gasteiger partial charge on any atom is 0.328 e. The predicted molar refractivity (Wildman–Crippen MR) is 73.3 cm³/mol. The van der Waals surface area contributed by atoms with E-state index in [9.17, 15) is 4.79 Å². The lowest BCUT2D eigenvalue weighted by Crippen LogP contribution is -1.87. The molecule has 0 fully saturated rings. The van der Waals surface area contributed by atoms with Gasteiger partial charge in [-0.15, -0.1) is 0 Å². The number of rotatable bonds is 3. The van der Waals surface area contributed by atoms with Gasteiger partial charge < -0.3 is 9.67 Å². The monoisotopic (exact) mass is 241 g/mol. The van der Waals surface area contributed by atoms with Crippen molar-refractivity contribution in [3.63, 3.8) is 0 Å². The third-order valence-corrected chi connectivity index (χ3v) is 2.80. The Bertz CT molecular complexity index is 648. The van der Waals surface area contributed by atoms with Crippen molar-refractivity contribution in [1.29, 1.82) is 0 Å². The number of para-hydroxylation sites is 1. The minimum Gasteiger partial charge on any atom is -0.478 e. The van der Waals surface area contributed by atoms with Crippen molar-refractivity contribution in [3.05, 3.63) is 53.8 Å². The molecule has 0 unspecified atom stereocenters. The Morgan fingerprint density at radius 1 is 1.33 bits per heavy atom. The second-order valence-corrected chi connectivity index (χ2v) is 4.27. The van der Waals surface area contributed by atoms with Crippen LogP contribution in [0, 0.1) is 0 Å². The van der Waals surface area contributed by atoms with Crippen molar-refractivity contribution < 1.29 is 9.90 Å². The molecule has 0 atom stereocenters. The van der Waals surface area contributed by atoms with Gasteiger partial charge in [0, 0.05) is 30.2 Å². The number of aliphatic carboxylic acids is 1. The Morgan fingerprint density at radius 2 is 2.06 bits per heavy atom. The lowest BCUT2D eigenvalue weighted by molar-refractivity contribution is -0.131. The van der Waals surface area contributed by atoms with E-state index in [-0.39, 0.29) is 0 Å². The molecular weight excluding hydrogens is 226 g/mol. The van der Waals surface area contributed by atoms with Crippen molar-refractivity contribution in [2.24, 2.45) is 7.05 Å². The zero-order valence-electron chi connectivity index (χ0n) is 10.4. The summed E-state index contributed by atoms with van der Waals surface area (Å²) < 4.78 is 2.06. The maximum absolute atomic E-state index is 10.5. The van der Waals surface area contributed by atoms with Gasteiger partial charge in [0.25, 0.3) is 0 Å². The zero-order chi connectivity index (χ0) is 13.1. The fourth-order valence-corrected chi connectivity index (χ4v) is 1.97. The van der Waals surface area contributed by atoms with Gasteiger partial charge in [-0.2, -0.15) is 0 Å². The van der Waals surface area contributed by atoms with Crippen LogP contribution in [-0.2, 0) is 11.8 Å². The van der Waals surface area contributed by atoms with E-state index in [0.29, 0.717) is 0 Å². The highest BCUT2D eigenvalue weighted by atomic mass is 16.4. The summed E-state index contributed by atoms with van der Waals surface area (Å²) in [7, 11) is 2.00. The molecule has 0 bridgehead atoms.